The van der Waals surface area contributed by atoms with E-state index in [1.807, 2.05) is 12.1 Å². The first kappa shape index (κ1) is 19.7. The SMILES string of the molecule is O=c1cc(CN2CCN(Cc3ccc(C(F)(F)F)cc3)CC2)oc2ccccc12. The average molecular weight is 402 g/mol. The Morgan fingerprint density at radius 2 is 1.48 bits per heavy atom. The minimum Gasteiger partial charge on any atom is -0.459 e. The highest BCUT2D eigenvalue weighted by molar-refractivity contribution is 5.76. The number of halogens is 3. The third-order valence-corrected chi connectivity index (χ3v) is 5.22. The van der Waals surface area contributed by atoms with Crippen molar-refractivity contribution in [3.8, 4) is 0 Å². The van der Waals surface area contributed by atoms with Crippen LogP contribution >= 0.6 is 0 Å². The summed E-state index contributed by atoms with van der Waals surface area (Å²) >= 11 is 0. The van der Waals surface area contributed by atoms with Crippen molar-refractivity contribution >= 4 is 11.0 Å². The number of piperazine rings is 1. The third-order valence-electron chi connectivity index (χ3n) is 5.22. The van der Waals surface area contributed by atoms with Gasteiger partial charge in [-0.15, -0.1) is 0 Å². The zero-order chi connectivity index (χ0) is 20.4. The van der Waals surface area contributed by atoms with Crippen LogP contribution in [-0.2, 0) is 19.3 Å². The van der Waals surface area contributed by atoms with Crippen molar-refractivity contribution < 1.29 is 17.6 Å². The number of hydrogen-bond acceptors (Lipinski definition) is 4. The van der Waals surface area contributed by atoms with Gasteiger partial charge in [0.05, 0.1) is 17.5 Å². The molecule has 4 nitrogen and oxygen atoms in total. The highest BCUT2D eigenvalue weighted by Gasteiger charge is 2.30. The molecule has 2 aromatic carbocycles. The normalized spacial score (nSPS) is 16.4. The van der Waals surface area contributed by atoms with Crippen LogP contribution in [0.2, 0.25) is 0 Å². The van der Waals surface area contributed by atoms with Gasteiger partial charge in [-0.2, -0.15) is 13.2 Å². The van der Waals surface area contributed by atoms with Gasteiger partial charge in [0.15, 0.2) is 5.43 Å². The maximum Gasteiger partial charge on any atom is 0.416 e. The van der Waals surface area contributed by atoms with Crippen LogP contribution in [0.5, 0.6) is 0 Å². The molecule has 1 aliphatic heterocycles. The van der Waals surface area contributed by atoms with Crippen LogP contribution in [0.3, 0.4) is 0 Å². The van der Waals surface area contributed by atoms with E-state index in [2.05, 4.69) is 9.80 Å². The van der Waals surface area contributed by atoms with Crippen LogP contribution in [-0.4, -0.2) is 36.0 Å². The Bertz CT molecular complexity index is 1040. The fourth-order valence-electron chi connectivity index (χ4n) is 3.62. The van der Waals surface area contributed by atoms with E-state index in [9.17, 15) is 18.0 Å². The lowest BCUT2D eigenvalue weighted by Gasteiger charge is -2.34. The van der Waals surface area contributed by atoms with E-state index >= 15 is 0 Å². The maximum atomic E-state index is 12.7. The van der Waals surface area contributed by atoms with Crippen LogP contribution < -0.4 is 5.43 Å². The lowest BCUT2D eigenvalue weighted by atomic mass is 10.1. The lowest BCUT2D eigenvalue weighted by molar-refractivity contribution is -0.137. The van der Waals surface area contributed by atoms with Gasteiger partial charge in [0.25, 0.3) is 0 Å². The summed E-state index contributed by atoms with van der Waals surface area (Å²) in [5.74, 6) is 0.643. The minimum atomic E-state index is -4.30. The van der Waals surface area contributed by atoms with Crippen molar-refractivity contribution in [3.63, 3.8) is 0 Å². The van der Waals surface area contributed by atoms with E-state index in [0.29, 0.717) is 29.8 Å². The maximum absolute atomic E-state index is 12.7. The molecule has 0 aliphatic carbocycles. The van der Waals surface area contributed by atoms with Crippen molar-refractivity contribution in [3.05, 3.63) is 81.7 Å². The molecule has 0 bridgehead atoms. The number of benzene rings is 2. The second-order valence-electron chi connectivity index (χ2n) is 7.32. The van der Waals surface area contributed by atoms with E-state index in [1.165, 1.54) is 0 Å². The van der Waals surface area contributed by atoms with Crippen LogP contribution in [0.15, 0.2) is 63.8 Å². The minimum absolute atomic E-state index is 0.0391. The molecule has 0 radical (unpaired) electrons. The summed E-state index contributed by atoms with van der Waals surface area (Å²) in [7, 11) is 0. The van der Waals surface area contributed by atoms with Gasteiger partial charge in [-0.05, 0) is 29.8 Å². The molecule has 0 amide bonds. The Morgan fingerprint density at radius 1 is 0.862 bits per heavy atom. The van der Waals surface area contributed by atoms with Gasteiger partial charge in [0.2, 0.25) is 0 Å². The molecule has 3 aromatic rings. The van der Waals surface area contributed by atoms with E-state index in [1.54, 1.807) is 30.3 Å². The average Bonchev–Trinajstić information content (AvgIpc) is 2.69. The van der Waals surface area contributed by atoms with Crippen molar-refractivity contribution in [1.29, 1.82) is 0 Å². The molecule has 1 fully saturated rings. The fraction of sp³-hybridized carbons (Fsp3) is 0.318. The molecule has 0 spiro atoms. The summed E-state index contributed by atoms with van der Waals surface area (Å²) in [5, 5.41) is 0.581. The Hall–Kier alpha value is -2.64. The highest BCUT2D eigenvalue weighted by atomic mass is 19.4. The van der Waals surface area contributed by atoms with Gasteiger partial charge in [0, 0.05) is 38.8 Å². The van der Waals surface area contributed by atoms with Crippen LogP contribution in [0.1, 0.15) is 16.9 Å². The van der Waals surface area contributed by atoms with E-state index in [4.69, 9.17) is 4.42 Å². The van der Waals surface area contributed by atoms with Crippen molar-refractivity contribution in [2.75, 3.05) is 26.2 Å². The molecular formula is C22H21F3N2O2. The number of para-hydroxylation sites is 1. The molecule has 0 saturated carbocycles. The zero-order valence-electron chi connectivity index (χ0n) is 15.8. The third kappa shape index (κ3) is 4.68. The summed E-state index contributed by atoms with van der Waals surface area (Å²) < 4.78 is 43.9. The fourth-order valence-corrected chi connectivity index (χ4v) is 3.62. The first-order valence-corrected chi connectivity index (χ1v) is 9.51. The first-order valence-electron chi connectivity index (χ1n) is 9.51. The van der Waals surface area contributed by atoms with E-state index < -0.39 is 11.7 Å². The number of fused-ring (bicyclic) bond motifs is 1. The van der Waals surface area contributed by atoms with E-state index in [-0.39, 0.29) is 5.43 Å². The van der Waals surface area contributed by atoms with E-state index in [0.717, 1.165) is 43.9 Å². The van der Waals surface area contributed by atoms with Gasteiger partial charge >= 0.3 is 6.18 Å². The van der Waals surface area contributed by atoms with Crippen LogP contribution in [0.4, 0.5) is 13.2 Å². The Morgan fingerprint density at radius 3 is 2.14 bits per heavy atom. The van der Waals surface area contributed by atoms with Gasteiger partial charge < -0.3 is 4.42 Å². The molecule has 0 unspecified atom stereocenters. The second-order valence-corrected chi connectivity index (χ2v) is 7.32. The molecule has 0 atom stereocenters. The Balaban J connectivity index is 1.33. The van der Waals surface area contributed by atoms with Crippen LogP contribution in [0.25, 0.3) is 11.0 Å². The number of nitrogens with zero attached hydrogens (tertiary/aromatic N) is 2. The molecule has 2 heterocycles. The standard InChI is InChI=1S/C22H21F3N2O2/c23-22(24,25)17-7-5-16(6-8-17)14-26-9-11-27(12-10-26)15-18-13-20(28)19-3-1-2-4-21(19)29-18/h1-8,13H,9-12,14-15H2. The summed E-state index contributed by atoms with van der Waals surface area (Å²) in [5.41, 5.74) is 0.800. The quantitative estimate of drug-likeness (QED) is 0.658. The second kappa shape index (κ2) is 8.00. The molecular weight excluding hydrogens is 381 g/mol. The predicted octanol–water partition coefficient (Wildman–Crippen LogP) is 4.13. The number of rotatable bonds is 4. The zero-order valence-corrected chi connectivity index (χ0v) is 15.8. The summed E-state index contributed by atoms with van der Waals surface area (Å²) in [6.45, 7) is 4.40. The summed E-state index contributed by atoms with van der Waals surface area (Å²) in [6, 6.07) is 14.1. The van der Waals surface area contributed by atoms with Crippen molar-refractivity contribution in [2.24, 2.45) is 0 Å². The number of hydrogen-bond donors (Lipinski definition) is 0. The molecule has 7 heteroatoms. The molecule has 1 saturated heterocycles. The molecule has 29 heavy (non-hydrogen) atoms. The van der Waals surface area contributed by atoms with Gasteiger partial charge in [-0.25, -0.2) is 0 Å². The topological polar surface area (TPSA) is 36.7 Å². The summed E-state index contributed by atoms with van der Waals surface area (Å²) in [4.78, 5) is 16.7. The molecule has 1 aromatic heterocycles. The van der Waals surface area contributed by atoms with Gasteiger partial charge in [-0.1, -0.05) is 24.3 Å². The molecule has 4 rings (SSSR count). The van der Waals surface area contributed by atoms with Crippen molar-refractivity contribution in [2.45, 2.75) is 19.3 Å². The largest absolute Gasteiger partial charge is 0.459 e. The number of alkyl halides is 3. The monoisotopic (exact) mass is 402 g/mol. The highest BCUT2D eigenvalue weighted by Crippen LogP contribution is 2.29. The Kier molecular flexibility index (Phi) is 5.43. The molecule has 152 valence electrons. The van der Waals surface area contributed by atoms with Gasteiger partial charge in [0.1, 0.15) is 11.3 Å². The van der Waals surface area contributed by atoms with Crippen LogP contribution in [0, 0.1) is 0 Å². The summed E-state index contributed by atoms with van der Waals surface area (Å²) in [6.07, 6.45) is -4.30. The predicted molar refractivity (Wildman–Crippen MR) is 104 cm³/mol. The smallest absolute Gasteiger partial charge is 0.416 e. The molecule has 1 aliphatic rings. The Labute approximate surface area is 166 Å². The first-order chi connectivity index (χ1) is 13.9. The molecule has 0 N–H and O–H groups in total. The lowest BCUT2D eigenvalue weighted by Crippen LogP contribution is -2.45. The van der Waals surface area contributed by atoms with Crippen molar-refractivity contribution in [1.82, 2.24) is 9.80 Å². The van der Waals surface area contributed by atoms with Gasteiger partial charge in [-0.3, -0.25) is 14.6 Å².